The van der Waals surface area contributed by atoms with Gasteiger partial charge in [-0.3, -0.25) is 9.78 Å². The van der Waals surface area contributed by atoms with Crippen LogP contribution < -0.4 is 0 Å². The van der Waals surface area contributed by atoms with Gasteiger partial charge in [0, 0.05) is 6.42 Å². The molecule has 7 heteroatoms. The second kappa shape index (κ2) is 13.8. The zero-order valence-corrected chi connectivity index (χ0v) is 18.0. The quantitative estimate of drug-likeness (QED) is 0.166. The fourth-order valence-electron chi connectivity index (χ4n) is 2.10. The van der Waals surface area contributed by atoms with Crippen LogP contribution in [0.4, 0.5) is 4.79 Å². The summed E-state index contributed by atoms with van der Waals surface area (Å²) >= 11 is 0. The van der Waals surface area contributed by atoms with Crippen LogP contribution in [0.1, 0.15) is 87.0 Å². The number of hydrogen-bond donors (Lipinski definition) is 0. The third-order valence-electron chi connectivity index (χ3n) is 4.21. The summed E-state index contributed by atoms with van der Waals surface area (Å²) in [5, 5.41) is 0. The molecule has 27 heavy (non-hydrogen) atoms. The average Bonchev–Trinajstić information content (AvgIpc) is 2.63. The van der Waals surface area contributed by atoms with Crippen LogP contribution >= 0.6 is 0 Å². The molecule has 0 aromatic rings. The normalized spacial score (nSPS) is 14.7. The topological polar surface area (TPSA) is 80.3 Å². The van der Waals surface area contributed by atoms with Crippen molar-refractivity contribution in [1.82, 2.24) is 0 Å². The molecule has 0 N–H and O–H groups in total. The van der Waals surface area contributed by atoms with E-state index in [2.05, 4.69) is 13.8 Å². The Bertz CT molecular complexity index is 423. The highest BCUT2D eigenvalue weighted by atomic mass is 17.3. The molecular formula is C20H38O7. The molecule has 0 radical (unpaired) electrons. The van der Waals surface area contributed by atoms with E-state index in [0.29, 0.717) is 18.3 Å². The zero-order valence-electron chi connectivity index (χ0n) is 18.0. The Morgan fingerprint density at radius 2 is 1.59 bits per heavy atom. The highest BCUT2D eigenvalue weighted by molar-refractivity contribution is 5.70. The predicted molar refractivity (Wildman–Crippen MR) is 101 cm³/mol. The van der Waals surface area contributed by atoms with Gasteiger partial charge in [0.1, 0.15) is 0 Å². The molecule has 7 nitrogen and oxygen atoms in total. The minimum absolute atomic E-state index is 0.282. The van der Waals surface area contributed by atoms with E-state index in [1.807, 2.05) is 13.8 Å². The summed E-state index contributed by atoms with van der Waals surface area (Å²) in [6, 6.07) is 0. The fourth-order valence-corrected chi connectivity index (χ4v) is 2.10. The Morgan fingerprint density at radius 3 is 2.11 bits per heavy atom. The van der Waals surface area contributed by atoms with Gasteiger partial charge in [-0.25, -0.2) is 9.59 Å². The number of ether oxygens (including phenoxy) is 1. The van der Waals surface area contributed by atoms with Crippen LogP contribution in [0.2, 0.25) is 0 Å². The van der Waals surface area contributed by atoms with Crippen molar-refractivity contribution in [1.29, 1.82) is 0 Å². The van der Waals surface area contributed by atoms with Crippen molar-refractivity contribution in [3.63, 3.8) is 0 Å². The van der Waals surface area contributed by atoms with Gasteiger partial charge >= 0.3 is 12.1 Å². The van der Waals surface area contributed by atoms with Gasteiger partial charge in [0.05, 0.1) is 12.5 Å². The number of carbonyl (C=O) groups is 2. The first-order chi connectivity index (χ1) is 12.6. The molecule has 0 amide bonds. The summed E-state index contributed by atoms with van der Waals surface area (Å²) in [4.78, 5) is 43.3. The largest absolute Gasteiger partial charge is 0.540 e. The first-order valence-electron chi connectivity index (χ1n) is 10.0. The Morgan fingerprint density at radius 1 is 0.963 bits per heavy atom. The maximum absolute atomic E-state index is 11.8. The smallest absolute Gasteiger partial charge is 0.432 e. The molecule has 0 aliphatic heterocycles. The second-order valence-corrected chi connectivity index (χ2v) is 7.85. The molecule has 0 saturated carbocycles. The van der Waals surface area contributed by atoms with E-state index in [-0.39, 0.29) is 12.5 Å². The van der Waals surface area contributed by atoms with E-state index in [0.717, 1.165) is 32.1 Å². The van der Waals surface area contributed by atoms with Crippen molar-refractivity contribution in [3.05, 3.63) is 0 Å². The molecule has 0 spiro atoms. The van der Waals surface area contributed by atoms with Gasteiger partial charge in [-0.05, 0) is 31.6 Å². The van der Waals surface area contributed by atoms with Crippen LogP contribution in [0.25, 0.3) is 0 Å². The lowest BCUT2D eigenvalue weighted by molar-refractivity contribution is -0.478. The van der Waals surface area contributed by atoms with Gasteiger partial charge in [-0.1, -0.05) is 60.8 Å². The van der Waals surface area contributed by atoms with Crippen LogP contribution in [-0.4, -0.2) is 24.5 Å². The first kappa shape index (κ1) is 25.7. The van der Waals surface area contributed by atoms with E-state index in [4.69, 9.17) is 24.3 Å². The highest BCUT2D eigenvalue weighted by Crippen LogP contribution is 2.24. The van der Waals surface area contributed by atoms with Crippen molar-refractivity contribution in [3.8, 4) is 0 Å². The van der Waals surface area contributed by atoms with E-state index < -0.39 is 17.9 Å². The zero-order chi connectivity index (χ0) is 20.9. The first-order valence-corrected chi connectivity index (χ1v) is 10.0. The average molecular weight is 391 g/mol. The van der Waals surface area contributed by atoms with E-state index in [1.165, 1.54) is 0 Å². The molecule has 0 aliphatic rings. The Labute approximate surface area is 163 Å². The lowest BCUT2D eigenvalue weighted by Gasteiger charge is -2.26. The van der Waals surface area contributed by atoms with Crippen molar-refractivity contribution in [2.45, 2.75) is 92.8 Å². The third-order valence-corrected chi connectivity index (χ3v) is 4.21. The van der Waals surface area contributed by atoms with Gasteiger partial charge in [-0.2, -0.15) is 0 Å². The molecule has 0 aromatic heterocycles. The molecular weight excluding hydrogens is 352 g/mol. The minimum Gasteiger partial charge on any atom is -0.432 e. The lowest BCUT2D eigenvalue weighted by Crippen LogP contribution is -2.35. The molecule has 0 aromatic carbocycles. The number of hydrogen-bond acceptors (Lipinski definition) is 7. The molecule has 160 valence electrons. The van der Waals surface area contributed by atoms with Gasteiger partial charge in [0.15, 0.2) is 0 Å². The molecule has 0 heterocycles. The molecule has 2 unspecified atom stereocenters. The monoisotopic (exact) mass is 390 g/mol. The van der Waals surface area contributed by atoms with Crippen LogP contribution in [0.15, 0.2) is 0 Å². The summed E-state index contributed by atoms with van der Waals surface area (Å²) in [5.41, 5.74) is 0. The van der Waals surface area contributed by atoms with E-state index >= 15 is 0 Å². The molecule has 0 fully saturated rings. The van der Waals surface area contributed by atoms with Gasteiger partial charge in [0.25, 0.3) is 5.79 Å². The maximum Gasteiger partial charge on any atom is 0.540 e. The number of rotatable bonds is 14. The minimum atomic E-state index is -1.40. The van der Waals surface area contributed by atoms with Crippen molar-refractivity contribution >= 4 is 12.1 Å². The van der Waals surface area contributed by atoms with Gasteiger partial charge in [0.2, 0.25) is 0 Å². The molecule has 0 rings (SSSR count). The van der Waals surface area contributed by atoms with Crippen molar-refractivity contribution in [2.75, 3.05) is 6.61 Å². The molecule has 0 bridgehead atoms. The maximum atomic E-state index is 11.8. The molecule has 0 saturated heterocycles. The van der Waals surface area contributed by atoms with Crippen molar-refractivity contribution < 1.29 is 33.9 Å². The Balaban J connectivity index is 4.54. The summed E-state index contributed by atoms with van der Waals surface area (Å²) in [6.07, 6.45) is 4.29. The lowest BCUT2D eigenvalue weighted by atomic mass is 10.0. The Kier molecular flexibility index (Phi) is 13.1. The van der Waals surface area contributed by atoms with Gasteiger partial charge in [-0.15, -0.1) is 9.78 Å². The Hall–Kier alpha value is -1.34. The SMILES string of the molecule is CCCCC(CC)COC(=O)OOC(C)(CCC(C)C)OOC(=O)C(C)C. The fraction of sp³-hybridized carbons (Fsp3) is 0.900. The van der Waals surface area contributed by atoms with Crippen molar-refractivity contribution in [2.24, 2.45) is 17.8 Å². The third kappa shape index (κ3) is 12.6. The summed E-state index contributed by atoms with van der Waals surface area (Å²) in [6.45, 7) is 13.5. The predicted octanol–water partition coefficient (Wildman–Crippen LogP) is 5.57. The highest BCUT2D eigenvalue weighted by Gasteiger charge is 2.34. The standard InChI is InChI=1S/C20H38O7/c1-8-10-11-17(9-2)14-23-19(22)25-27-20(7,13-12-15(3)4)26-24-18(21)16(5)6/h15-17H,8-14H2,1-7H3. The molecule has 0 aliphatic carbocycles. The van der Waals surface area contributed by atoms with Crippen LogP contribution in [-0.2, 0) is 29.1 Å². The number of unbranched alkanes of at least 4 members (excludes halogenated alkanes) is 1. The van der Waals surface area contributed by atoms with E-state index in [9.17, 15) is 9.59 Å². The second-order valence-electron chi connectivity index (χ2n) is 7.85. The summed E-state index contributed by atoms with van der Waals surface area (Å²) < 4.78 is 5.13. The van der Waals surface area contributed by atoms with Gasteiger partial charge < -0.3 is 4.74 Å². The van der Waals surface area contributed by atoms with Crippen LogP contribution in [0.3, 0.4) is 0 Å². The molecule has 2 atom stereocenters. The summed E-state index contributed by atoms with van der Waals surface area (Å²) in [7, 11) is 0. The van der Waals surface area contributed by atoms with E-state index in [1.54, 1.807) is 20.8 Å². The number of carbonyl (C=O) groups excluding carboxylic acids is 2. The van der Waals surface area contributed by atoms with Crippen LogP contribution in [0, 0.1) is 17.8 Å². The summed E-state index contributed by atoms with van der Waals surface area (Å²) in [5.74, 6) is -1.61. The van der Waals surface area contributed by atoms with Crippen LogP contribution in [0.5, 0.6) is 0 Å².